The van der Waals surface area contributed by atoms with Gasteiger partial charge in [0, 0.05) is 6.07 Å². The van der Waals surface area contributed by atoms with E-state index in [1.54, 1.807) is 54.6 Å². The molecular weight excluding hydrogens is 436 g/mol. The quantitative estimate of drug-likeness (QED) is 0.275. The van der Waals surface area contributed by atoms with Crippen LogP contribution in [-0.4, -0.2) is 25.4 Å². The average Bonchev–Trinajstić information content (AvgIpc) is 2.77. The monoisotopic (exact) mass is 454 g/mol. The van der Waals surface area contributed by atoms with Crippen LogP contribution in [0.1, 0.15) is 16.7 Å². The van der Waals surface area contributed by atoms with Gasteiger partial charge in [-0.1, -0.05) is 48.5 Å². The van der Waals surface area contributed by atoms with Crippen molar-refractivity contribution < 1.29 is 23.0 Å². The van der Waals surface area contributed by atoms with Crippen LogP contribution in [-0.2, 0) is 15.6 Å². The summed E-state index contributed by atoms with van der Waals surface area (Å²) in [5.41, 5.74) is -0.496. The maximum atomic E-state index is 13.2. The molecule has 0 aliphatic carbocycles. The fourth-order valence-corrected chi connectivity index (χ4v) is 4.64. The molecule has 0 saturated heterocycles. The Labute approximate surface area is 183 Å². The third-order valence-electron chi connectivity index (χ3n) is 4.61. The van der Waals surface area contributed by atoms with Gasteiger partial charge in [0.1, 0.15) is 5.75 Å². The summed E-state index contributed by atoms with van der Waals surface area (Å²) in [6, 6.07) is 16.6. The molecule has 3 aromatic rings. The maximum Gasteiger partial charge on any atom is 0.284 e. The van der Waals surface area contributed by atoms with Gasteiger partial charge in [-0.15, -0.1) is 0 Å². The Morgan fingerprint density at radius 3 is 2.12 bits per heavy atom. The minimum absolute atomic E-state index is 0.229. The predicted molar refractivity (Wildman–Crippen MR) is 119 cm³/mol. The zero-order valence-corrected chi connectivity index (χ0v) is 17.7. The van der Waals surface area contributed by atoms with Crippen molar-refractivity contribution in [1.29, 1.82) is 0 Å². The number of hydrogen-bond donors (Lipinski definition) is 0. The molecule has 0 aliphatic heterocycles. The van der Waals surface area contributed by atoms with Crippen LogP contribution in [0.5, 0.6) is 5.75 Å². The van der Waals surface area contributed by atoms with Crippen LogP contribution < -0.4 is 4.74 Å². The molecule has 164 valence electrons. The molecule has 0 heterocycles. The first-order valence-electron chi connectivity index (χ1n) is 9.27. The fraction of sp³-hybridized carbons (Fsp3) is 0.0909. The van der Waals surface area contributed by atoms with E-state index in [2.05, 4.69) is 0 Å². The SMILES string of the molecule is COc1ccc(/C=C/c2c([N+](=O)[O-])cc([N+](=O)[O-])cc2S(=O)(=O)Cc2ccccc2)cc1. The number of nitro groups is 2. The first kappa shape index (κ1) is 22.6. The van der Waals surface area contributed by atoms with E-state index in [1.807, 2.05) is 0 Å². The molecule has 3 aromatic carbocycles. The molecule has 3 rings (SSSR count). The van der Waals surface area contributed by atoms with E-state index in [0.717, 1.165) is 12.1 Å². The predicted octanol–water partition coefficient (Wildman–Crippen LogP) is 4.66. The number of non-ortho nitro benzene ring substituents is 1. The standard InChI is InChI=1S/C22H18N2O7S/c1-31-19-10-7-16(8-11-19)9-12-20-21(24(27)28)13-18(23(25)26)14-22(20)32(29,30)15-17-5-3-2-4-6-17/h2-14H,15H2,1H3/b12-9+. The van der Waals surface area contributed by atoms with Crippen LogP contribution in [0.25, 0.3) is 12.2 Å². The lowest BCUT2D eigenvalue weighted by molar-refractivity contribution is -0.394. The lowest BCUT2D eigenvalue weighted by Crippen LogP contribution is -2.09. The smallest absolute Gasteiger partial charge is 0.284 e. The van der Waals surface area contributed by atoms with E-state index >= 15 is 0 Å². The zero-order chi connectivity index (χ0) is 23.3. The molecule has 9 nitrogen and oxygen atoms in total. The van der Waals surface area contributed by atoms with E-state index in [-0.39, 0.29) is 5.56 Å². The van der Waals surface area contributed by atoms with Gasteiger partial charge in [-0.3, -0.25) is 20.2 Å². The van der Waals surface area contributed by atoms with E-state index in [4.69, 9.17) is 4.74 Å². The highest BCUT2D eigenvalue weighted by Crippen LogP contribution is 2.34. The van der Waals surface area contributed by atoms with Crippen molar-refractivity contribution in [3.05, 3.63) is 104 Å². The van der Waals surface area contributed by atoms with Gasteiger partial charge in [0.15, 0.2) is 9.84 Å². The molecule has 10 heteroatoms. The van der Waals surface area contributed by atoms with E-state index in [1.165, 1.54) is 19.3 Å². The maximum absolute atomic E-state index is 13.2. The molecule has 0 N–H and O–H groups in total. The Morgan fingerprint density at radius 1 is 0.906 bits per heavy atom. The number of benzene rings is 3. The highest BCUT2D eigenvalue weighted by atomic mass is 32.2. The molecule has 0 fully saturated rings. The second-order valence-corrected chi connectivity index (χ2v) is 8.70. The summed E-state index contributed by atoms with van der Waals surface area (Å²) in [6.45, 7) is 0. The first-order chi connectivity index (χ1) is 15.2. The minimum atomic E-state index is -4.15. The van der Waals surface area contributed by atoms with Crippen LogP contribution in [0.3, 0.4) is 0 Å². The summed E-state index contributed by atoms with van der Waals surface area (Å²) < 4.78 is 31.4. The molecule has 0 spiro atoms. The van der Waals surface area contributed by atoms with Crippen molar-refractivity contribution in [3.8, 4) is 5.75 Å². The van der Waals surface area contributed by atoms with E-state index in [9.17, 15) is 28.6 Å². The lowest BCUT2D eigenvalue weighted by Gasteiger charge is -2.09. The third kappa shape index (κ3) is 5.16. The second kappa shape index (κ2) is 9.40. The van der Waals surface area contributed by atoms with E-state index < -0.39 is 41.7 Å². The molecule has 0 aliphatic rings. The third-order valence-corrected chi connectivity index (χ3v) is 6.33. The van der Waals surface area contributed by atoms with Crippen LogP contribution in [0.15, 0.2) is 71.6 Å². The fourth-order valence-electron chi connectivity index (χ4n) is 3.05. The summed E-state index contributed by atoms with van der Waals surface area (Å²) in [7, 11) is -2.64. The Hall–Kier alpha value is -4.05. The van der Waals surface area contributed by atoms with Crippen LogP contribution >= 0.6 is 0 Å². The summed E-state index contributed by atoms with van der Waals surface area (Å²) in [4.78, 5) is 20.8. The molecule has 0 aromatic heterocycles. The summed E-state index contributed by atoms with van der Waals surface area (Å²) in [5, 5.41) is 23.0. The first-order valence-corrected chi connectivity index (χ1v) is 10.9. The van der Waals surface area contributed by atoms with Gasteiger partial charge in [-0.25, -0.2) is 8.42 Å². The lowest BCUT2D eigenvalue weighted by atomic mass is 10.1. The van der Waals surface area contributed by atoms with Gasteiger partial charge < -0.3 is 4.74 Å². The number of nitrogens with zero attached hydrogens (tertiary/aromatic N) is 2. The highest BCUT2D eigenvalue weighted by molar-refractivity contribution is 7.90. The second-order valence-electron chi connectivity index (χ2n) is 6.74. The van der Waals surface area contributed by atoms with Crippen LogP contribution in [0, 0.1) is 20.2 Å². The number of methoxy groups -OCH3 is 1. The van der Waals surface area contributed by atoms with Gasteiger partial charge in [-0.05, 0) is 29.3 Å². The molecule has 0 bridgehead atoms. The molecule has 0 saturated carbocycles. The highest BCUT2D eigenvalue weighted by Gasteiger charge is 2.29. The normalized spacial score (nSPS) is 11.4. The molecule has 0 amide bonds. The zero-order valence-electron chi connectivity index (χ0n) is 16.9. The van der Waals surface area contributed by atoms with E-state index in [0.29, 0.717) is 16.9 Å². The topological polar surface area (TPSA) is 130 Å². The Bertz CT molecular complexity index is 1290. The van der Waals surface area contributed by atoms with Crippen LogP contribution in [0.2, 0.25) is 0 Å². The van der Waals surface area contributed by atoms with Gasteiger partial charge >= 0.3 is 0 Å². The van der Waals surface area contributed by atoms with Crippen molar-refractivity contribution in [1.82, 2.24) is 0 Å². The Balaban J connectivity index is 2.17. The van der Waals surface area contributed by atoms with Crippen molar-refractivity contribution in [2.45, 2.75) is 10.6 Å². The Morgan fingerprint density at radius 2 is 1.56 bits per heavy atom. The van der Waals surface area contributed by atoms with Crippen molar-refractivity contribution in [2.75, 3.05) is 7.11 Å². The summed E-state index contributed by atoms with van der Waals surface area (Å²) >= 11 is 0. The Kier molecular flexibility index (Phi) is 6.64. The molecule has 0 unspecified atom stereocenters. The summed E-state index contributed by atoms with van der Waals surface area (Å²) in [5.74, 6) is 0.143. The number of rotatable bonds is 8. The van der Waals surface area contributed by atoms with Crippen molar-refractivity contribution >= 4 is 33.4 Å². The number of sulfone groups is 1. The molecular formula is C22H18N2O7S. The van der Waals surface area contributed by atoms with Gasteiger partial charge in [0.25, 0.3) is 11.4 Å². The summed E-state index contributed by atoms with van der Waals surface area (Å²) in [6.07, 6.45) is 2.77. The molecule has 0 radical (unpaired) electrons. The molecule has 32 heavy (non-hydrogen) atoms. The van der Waals surface area contributed by atoms with Gasteiger partial charge in [0.05, 0.1) is 39.2 Å². The number of ether oxygens (including phenoxy) is 1. The number of hydrogen-bond acceptors (Lipinski definition) is 7. The van der Waals surface area contributed by atoms with Crippen molar-refractivity contribution in [2.24, 2.45) is 0 Å². The number of nitro benzene ring substituents is 2. The minimum Gasteiger partial charge on any atom is -0.497 e. The van der Waals surface area contributed by atoms with Crippen molar-refractivity contribution in [3.63, 3.8) is 0 Å². The largest absolute Gasteiger partial charge is 0.497 e. The van der Waals surface area contributed by atoms with Gasteiger partial charge in [-0.2, -0.15) is 0 Å². The van der Waals surface area contributed by atoms with Crippen LogP contribution in [0.4, 0.5) is 11.4 Å². The van der Waals surface area contributed by atoms with Gasteiger partial charge in [0.2, 0.25) is 0 Å². The molecule has 0 atom stereocenters. The average molecular weight is 454 g/mol.